The lowest BCUT2D eigenvalue weighted by Gasteiger charge is -2.27. The lowest BCUT2D eigenvalue weighted by Crippen LogP contribution is -2.38. The molecule has 0 saturated carbocycles. The van der Waals surface area contributed by atoms with E-state index in [4.69, 9.17) is 0 Å². The van der Waals surface area contributed by atoms with Crippen molar-refractivity contribution in [2.45, 2.75) is 25.2 Å². The summed E-state index contributed by atoms with van der Waals surface area (Å²) < 4.78 is 0. The molecule has 1 aliphatic heterocycles. The summed E-state index contributed by atoms with van der Waals surface area (Å²) in [4.78, 5) is 6.69. The van der Waals surface area contributed by atoms with E-state index >= 15 is 0 Å². The van der Waals surface area contributed by atoms with E-state index in [0.29, 0.717) is 5.92 Å². The number of benzene rings is 1. The van der Waals surface area contributed by atoms with Gasteiger partial charge in [0.25, 0.3) is 0 Å². The van der Waals surface area contributed by atoms with Crippen LogP contribution in [0.1, 0.15) is 29.9 Å². The molecule has 0 saturated heterocycles. The average Bonchev–Trinajstić information content (AvgIpc) is 2.82. The van der Waals surface area contributed by atoms with Crippen molar-refractivity contribution in [1.29, 1.82) is 0 Å². The Morgan fingerprint density at radius 3 is 3.00 bits per heavy atom. The highest BCUT2D eigenvalue weighted by molar-refractivity contribution is 14.0. The molecule has 1 unspecified atom stereocenters. The van der Waals surface area contributed by atoms with Crippen molar-refractivity contribution >= 4 is 29.9 Å². The lowest BCUT2D eigenvalue weighted by atomic mass is 9.83. The molecule has 1 N–H and O–H groups in total. The number of likely N-dealkylation sites (N-methyl/N-ethyl adjacent to an activating group) is 1. The van der Waals surface area contributed by atoms with Crippen molar-refractivity contribution in [1.82, 2.24) is 10.2 Å². The van der Waals surface area contributed by atoms with Crippen molar-refractivity contribution in [3.05, 3.63) is 35.4 Å². The van der Waals surface area contributed by atoms with Gasteiger partial charge in [-0.05, 0) is 30.4 Å². The van der Waals surface area contributed by atoms with Gasteiger partial charge in [0.2, 0.25) is 0 Å². The number of nitrogens with one attached hydrogen (secondary N) is 1. The van der Waals surface area contributed by atoms with Gasteiger partial charge in [-0.3, -0.25) is 4.99 Å². The summed E-state index contributed by atoms with van der Waals surface area (Å²) >= 11 is 0. The van der Waals surface area contributed by atoms with Crippen LogP contribution in [0, 0.1) is 0 Å². The van der Waals surface area contributed by atoms with E-state index in [0.717, 1.165) is 25.6 Å². The van der Waals surface area contributed by atoms with Crippen LogP contribution in [0.15, 0.2) is 29.3 Å². The molecule has 0 amide bonds. The van der Waals surface area contributed by atoms with E-state index in [-0.39, 0.29) is 24.0 Å². The SMILES string of the molecule is CN1CCN=C1NCC1CCCc2ccccc21.I. The first-order chi connectivity index (χ1) is 8.84. The smallest absolute Gasteiger partial charge is 0.193 e. The fourth-order valence-electron chi connectivity index (χ4n) is 3.00. The zero-order valence-electron chi connectivity index (χ0n) is 11.4. The number of rotatable bonds is 2. The molecule has 1 atom stereocenters. The van der Waals surface area contributed by atoms with Gasteiger partial charge in [0.15, 0.2) is 5.96 Å². The molecule has 19 heavy (non-hydrogen) atoms. The Kier molecular flexibility index (Phi) is 5.07. The topological polar surface area (TPSA) is 27.6 Å². The van der Waals surface area contributed by atoms with Gasteiger partial charge in [-0.15, -0.1) is 24.0 Å². The molecular formula is C15H22IN3. The molecule has 0 bridgehead atoms. The quantitative estimate of drug-likeness (QED) is 0.810. The zero-order chi connectivity index (χ0) is 12.4. The third kappa shape index (κ3) is 3.22. The van der Waals surface area contributed by atoms with Gasteiger partial charge in [0.05, 0.1) is 6.54 Å². The summed E-state index contributed by atoms with van der Waals surface area (Å²) in [6, 6.07) is 8.89. The van der Waals surface area contributed by atoms with Crippen molar-refractivity contribution in [3.63, 3.8) is 0 Å². The maximum absolute atomic E-state index is 4.49. The second-order valence-corrected chi connectivity index (χ2v) is 5.30. The normalized spacial score (nSPS) is 21.4. The predicted octanol–water partition coefficient (Wildman–Crippen LogP) is 2.62. The summed E-state index contributed by atoms with van der Waals surface area (Å²) in [6.07, 6.45) is 3.85. The minimum Gasteiger partial charge on any atom is -0.356 e. The van der Waals surface area contributed by atoms with E-state index in [9.17, 15) is 0 Å². The van der Waals surface area contributed by atoms with Gasteiger partial charge in [-0.1, -0.05) is 24.3 Å². The molecule has 1 aromatic carbocycles. The molecule has 0 radical (unpaired) electrons. The highest BCUT2D eigenvalue weighted by Gasteiger charge is 2.21. The first kappa shape index (κ1) is 14.6. The molecule has 4 heteroatoms. The first-order valence-corrected chi connectivity index (χ1v) is 6.92. The van der Waals surface area contributed by atoms with Crippen LogP contribution in [0.5, 0.6) is 0 Å². The highest BCUT2D eigenvalue weighted by Crippen LogP contribution is 2.30. The van der Waals surface area contributed by atoms with E-state index in [1.165, 1.54) is 30.4 Å². The van der Waals surface area contributed by atoms with Gasteiger partial charge >= 0.3 is 0 Å². The molecule has 3 nitrogen and oxygen atoms in total. The number of guanidine groups is 1. The van der Waals surface area contributed by atoms with Crippen molar-refractivity contribution in [2.24, 2.45) is 4.99 Å². The fourth-order valence-corrected chi connectivity index (χ4v) is 3.00. The zero-order valence-corrected chi connectivity index (χ0v) is 13.8. The largest absolute Gasteiger partial charge is 0.356 e. The van der Waals surface area contributed by atoms with Crippen LogP contribution in [0.2, 0.25) is 0 Å². The number of aryl methyl sites for hydroxylation is 1. The number of halogens is 1. The number of hydrogen-bond acceptors (Lipinski definition) is 3. The van der Waals surface area contributed by atoms with Crippen molar-refractivity contribution < 1.29 is 0 Å². The fraction of sp³-hybridized carbons (Fsp3) is 0.533. The predicted molar refractivity (Wildman–Crippen MR) is 90.5 cm³/mol. The van der Waals surface area contributed by atoms with Crippen LogP contribution < -0.4 is 5.32 Å². The number of hydrogen-bond donors (Lipinski definition) is 1. The Morgan fingerprint density at radius 2 is 2.21 bits per heavy atom. The standard InChI is InChI=1S/C15H21N3.HI/c1-18-10-9-16-15(18)17-11-13-7-4-6-12-5-2-3-8-14(12)13;/h2-3,5,8,13H,4,6-7,9-11H2,1H3,(H,16,17);1H. The van der Waals surface area contributed by atoms with Crippen LogP contribution in [-0.2, 0) is 6.42 Å². The third-order valence-electron chi connectivity index (χ3n) is 4.06. The van der Waals surface area contributed by atoms with Gasteiger partial charge in [0.1, 0.15) is 0 Å². The molecule has 0 spiro atoms. The molecule has 0 fully saturated rings. The molecule has 1 aromatic rings. The van der Waals surface area contributed by atoms with Crippen molar-refractivity contribution in [2.75, 3.05) is 26.7 Å². The van der Waals surface area contributed by atoms with Crippen LogP contribution in [-0.4, -0.2) is 37.5 Å². The molecular weight excluding hydrogens is 349 g/mol. The molecule has 104 valence electrons. The molecule has 0 aromatic heterocycles. The monoisotopic (exact) mass is 371 g/mol. The van der Waals surface area contributed by atoms with E-state index < -0.39 is 0 Å². The van der Waals surface area contributed by atoms with Crippen LogP contribution >= 0.6 is 24.0 Å². The summed E-state index contributed by atoms with van der Waals surface area (Å²) in [5, 5.41) is 3.52. The summed E-state index contributed by atoms with van der Waals surface area (Å²) in [7, 11) is 2.10. The van der Waals surface area contributed by atoms with Crippen LogP contribution in [0.3, 0.4) is 0 Å². The van der Waals surface area contributed by atoms with Crippen LogP contribution in [0.4, 0.5) is 0 Å². The average molecular weight is 371 g/mol. The highest BCUT2D eigenvalue weighted by atomic mass is 127. The third-order valence-corrected chi connectivity index (χ3v) is 4.06. The molecule has 1 heterocycles. The van der Waals surface area contributed by atoms with Gasteiger partial charge < -0.3 is 10.2 Å². The molecule has 1 aliphatic carbocycles. The Balaban J connectivity index is 0.00000133. The molecule has 3 rings (SSSR count). The summed E-state index contributed by atoms with van der Waals surface area (Å²) in [5.41, 5.74) is 3.08. The minimum atomic E-state index is 0. The minimum absolute atomic E-state index is 0. The Hall–Kier alpha value is -0.780. The van der Waals surface area contributed by atoms with Gasteiger partial charge in [0, 0.05) is 26.1 Å². The van der Waals surface area contributed by atoms with E-state index in [1.807, 2.05) is 0 Å². The Bertz CT molecular complexity index is 458. The number of nitrogens with zero attached hydrogens (tertiary/aromatic N) is 2. The molecule has 2 aliphatic rings. The van der Waals surface area contributed by atoms with Crippen LogP contribution in [0.25, 0.3) is 0 Å². The number of aliphatic imine (C=N–C) groups is 1. The Labute approximate surface area is 132 Å². The second kappa shape index (κ2) is 6.59. The Morgan fingerprint density at radius 1 is 1.37 bits per heavy atom. The lowest BCUT2D eigenvalue weighted by molar-refractivity contribution is 0.504. The maximum Gasteiger partial charge on any atom is 0.193 e. The first-order valence-electron chi connectivity index (χ1n) is 6.92. The number of fused-ring (bicyclic) bond motifs is 1. The van der Waals surface area contributed by atoms with Gasteiger partial charge in [-0.25, -0.2) is 0 Å². The van der Waals surface area contributed by atoms with Crippen molar-refractivity contribution in [3.8, 4) is 0 Å². The maximum atomic E-state index is 4.49. The summed E-state index contributed by atoms with van der Waals surface area (Å²) in [5.74, 6) is 1.71. The second-order valence-electron chi connectivity index (χ2n) is 5.30. The summed E-state index contributed by atoms with van der Waals surface area (Å²) in [6.45, 7) is 2.99. The van der Waals surface area contributed by atoms with E-state index in [1.54, 1.807) is 0 Å². The van der Waals surface area contributed by atoms with E-state index in [2.05, 4.69) is 46.5 Å². The van der Waals surface area contributed by atoms with Gasteiger partial charge in [-0.2, -0.15) is 0 Å².